The van der Waals surface area contributed by atoms with Crippen LogP contribution in [-0.2, 0) is 14.4 Å². The number of ketones is 1. The van der Waals surface area contributed by atoms with Crippen molar-refractivity contribution < 1.29 is 19.5 Å². The van der Waals surface area contributed by atoms with Crippen molar-refractivity contribution >= 4 is 29.0 Å². The molecule has 0 radical (unpaired) electrons. The van der Waals surface area contributed by atoms with Crippen LogP contribution in [-0.4, -0.2) is 33.3 Å². The van der Waals surface area contributed by atoms with E-state index >= 15 is 0 Å². The molecule has 3 N–H and O–H groups in total. The van der Waals surface area contributed by atoms with Gasteiger partial charge in [-0.15, -0.1) is 0 Å². The Hall–Kier alpha value is -3.84. The van der Waals surface area contributed by atoms with Crippen molar-refractivity contribution in [1.82, 2.24) is 4.98 Å². The summed E-state index contributed by atoms with van der Waals surface area (Å²) in [5, 5.41) is 17.3. The maximum atomic E-state index is 13.8. The van der Waals surface area contributed by atoms with Crippen LogP contribution in [0.25, 0.3) is 0 Å². The molecule has 2 aromatic carbocycles. The molecule has 0 aliphatic heterocycles. The molecule has 0 spiro atoms. The van der Waals surface area contributed by atoms with Gasteiger partial charge in [0.25, 0.3) is 0 Å². The first-order chi connectivity index (χ1) is 17.5. The highest BCUT2D eigenvalue weighted by Gasteiger charge is 2.56. The summed E-state index contributed by atoms with van der Waals surface area (Å²) in [6.07, 6.45) is 2.82. The van der Waals surface area contributed by atoms with E-state index in [1.807, 2.05) is 52.0 Å². The molecule has 7 heteroatoms. The van der Waals surface area contributed by atoms with E-state index in [4.69, 9.17) is 0 Å². The van der Waals surface area contributed by atoms with Gasteiger partial charge in [0.2, 0.25) is 11.8 Å². The molecule has 1 fully saturated rings. The van der Waals surface area contributed by atoms with Gasteiger partial charge < -0.3 is 15.7 Å². The lowest BCUT2D eigenvalue weighted by molar-refractivity contribution is -0.150. The third kappa shape index (κ3) is 5.18. The fraction of sp³-hybridized carbons (Fsp3) is 0.333. The lowest BCUT2D eigenvalue weighted by Gasteiger charge is -2.44. The first-order valence-corrected chi connectivity index (χ1v) is 12.4. The predicted molar refractivity (Wildman–Crippen MR) is 143 cm³/mol. The van der Waals surface area contributed by atoms with Gasteiger partial charge in [0.05, 0.1) is 11.5 Å². The van der Waals surface area contributed by atoms with Crippen molar-refractivity contribution in [3.63, 3.8) is 0 Å². The molecule has 1 aliphatic carbocycles. The fourth-order valence-corrected chi connectivity index (χ4v) is 5.26. The number of rotatable bonds is 5. The Labute approximate surface area is 217 Å². The molecule has 4 unspecified atom stereocenters. The van der Waals surface area contributed by atoms with Crippen LogP contribution < -0.4 is 10.6 Å². The Bertz CT molecular complexity index is 1350. The number of aromatic nitrogens is 1. The van der Waals surface area contributed by atoms with Gasteiger partial charge in [-0.1, -0.05) is 30.3 Å². The number of amides is 2. The third-order valence-electron chi connectivity index (χ3n) is 7.63. The monoisotopic (exact) mass is 499 g/mol. The van der Waals surface area contributed by atoms with Crippen LogP contribution in [0.15, 0.2) is 60.9 Å². The molecule has 1 aromatic heterocycles. The molecule has 4 atom stereocenters. The van der Waals surface area contributed by atoms with Gasteiger partial charge in [-0.3, -0.25) is 19.4 Å². The molecule has 0 saturated heterocycles. The minimum Gasteiger partial charge on any atom is -0.389 e. The second kappa shape index (κ2) is 10.3. The molecule has 3 aromatic rings. The van der Waals surface area contributed by atoms with E-state index in [0.717, 1.165) is 22.3 Å². The minimum absolute atomic E-state index is 0.320. The second-order valence-corrected chi connectivity index (χ2v) is 10.2. The number of nitrogens with one attached hydrogen (secondary N) is 2. The summed E-state index contributed by atoms with van der Waals surface area (Å²) in [6, 6.07) is 14.6. The van der Waals surface area contributed by atoms with Crippen molar-refractivity contribution in [2.75, 3.05) is 10.6 Å². The van der Waals surface area contributed by atoms with Crippen LogP contribution in [0.3, 0.4) is 0 Å². The average molecular weight is 500 g/mol. The number of anilines is 2. The van der Waals surface area contributed by atoms with Gasteiger partial charge in [-0.25, -0.2) is 0 Å². The molecule has 1 aliphatic rings. The maximum Gasteiger partial charge on any atom is 0.235 e. The second-order valence-electron chi connectivity index (χ2n) is 10.2. The van der Waals surface area contributed by atoms with E-state index in [1.54, 1.807) is 36.7 Å². The van der Waals surface area contributed by atoms with Gasteiger partial charge in [0.1, 0.15) is 11.7 Å². The number of benzene rings is 2. The average Bonchev–Trinajstić information content (AvgIpc) is 2.84. The van der Waals surface area contributed by atoms with E-state index in [2.05, 4.69) is 15.6 Å². The van der Waals surface area contributed by atoms with E-state index in [-0.39, 0.29) is 6.42 Å². The lowest BCUT2D eigenvalue weighted by Crippen LogP contribution is -2.56. The molecular weight excluding hydrogens is 466 g/mol. The summed E-state index contributed by atoms with van der Waals surface area (Å²) >= 11 is 0. The van der Waals surface area contributed by atoms with E-state index in [1.165, 1.54) is 6.92 Å². The number of hydrogen-bond donors (Lipinski definition) is 3. The van der Waals surface area contributed by atoms with Gasteiger partial charge >= 0.3 is 0 Å². The third-order valence-corrected chi connectivity index (χ3v) is 7.63. The number of pyridine rings is 1. The minimum atomic E-state index is -1.67. The zero-order chi connectivity index (χ0) is 26.9. The van der Waals surface area contributed by atoms with Crippen LogP contribution in [0, 0.1) is 39.5 Å². The molecule has 37 heavy (non-hydrogen) atoms. The molecule has 192 valence electrons. The summed E-state index contributed by atoms with van der Waals surface area (Å²) < 4.78 is 0. The maximum absolute atomic E-state index is 13.8. The predicted octanol–water partition coefficient (Wildman–Crippen LogP) is 4.63. The molecule has 1 saturated carbocycles. The first-order valence-electron chi connectivity index (χ1n) is 12.4. The van der Waals surface area contributed by atoms with E-state index in [0.29, 0.717) is 16.9 Å². The number of carbonyl (C=O) groups excluding carboxylic acids is 3. The molecule has 4 rings (SSSR count). The van der Waals surface area contributed by atoms with Crippen molar-refractivity contribution in [2.24, 2.45) is 11.8 Å². The molecule has 1 heterocycles. The van der Waals surface area contributed by atoms with Crippen molar-refractivity contribution in [3.05, 3.63) is 88.7 Å². The SMILES string of the molecule is Cc1cccc(NC(=O)C2C(=O)CC(C)(O)C(C(=O)Nc3cccc(C)c3C)C2c2cccnc2)c1C. The number of carbonyl (C=O) groups is 3. The quantitative estimate of drug-likeness (QED) is 0.444. The summed E-state index contributed by atoms with van der Waals surface area (Å²) in [7, 11) is 0. The van der Waals surface area contributed by atoms with Crippen LogP contribution >= 0.6 is 0 Å². The van der Waals surface area contributed by atoms with Crippen molar-refractivity contribution in [1.29, 1.82) is 0 Å². The number of nitrogens with zero attached hydrogens (tertiary/aromatic N) is 1. The summed E-state index contributed by atoms with van der Waals surface area (Å²) in [4.78, 5) is 45.1. The zero-order valence-corrected chi connectivity index (χ0v) is 21.8. The van der Waals surface area contributed by atoms with Crippen LogP contribution in [0.1, 0.15) is 47.1 Å². The normalized spacial score (nSPS) is 23.4. The smallest absolute Gasteiger partial charge is 0.235 e. The highest BCUT2D eigenvalue weighted by Crippen LogP contribution is 2.46. The van der Waals surface area contributed by atoms with Crippen LogP contribution in [0.4, 0.5) is 11.4 Å². The number of aliphatic hydroxyl groups is 1. The van der Waals surface area contributed by atoms with Gasteiger partial charge in [0.15, 0.2) is 0 Å². The number of aryl methyl sites for hydroxylation is 2. The van der Waals surface area contributed by atoms with Crippen LogP contribution in [0.5, 0.6) is 0 Å². The number of hydrogen-bond acceptors (Lipinski definition) is 5. The van der Waals surface area contributed by atoms with Crippen molar-refractivity contribution in [2.45, 2.75) is 52.6 Å². The molecule has 7 nitrogen and oxygen atoms in total. The van der Waals surface area contributed by atoms with Gasteiger partial charge in [-0.05, 0) is 80.6 Å². The number of Topliss-reactive ketones (excluding diaryl/α,β-unsaturated/α-hetero) is 1. The Morgan fingerprint density at radius 2 is 1.46 bits per heavy atom. The standard InChI is InChI=1S/C30H33N3O4/c1-17-9-6-12-22(19(17)3)32-28(35)26-24(34)15-30(5,37)27(25(26)21-11-8-14-31-16-21)29(36)33-23-13-7-10-18(2)20(23)4/h6-14,16,25-27,37H,15H2,1-5H3,(H,32,35)(H,33,36). The molecule has 0 bridgehead atoms. The van der Waals surface area contributed by atoms with Gasteiger partial charge in [0, 0.05) is 36.1 Å². The lowest BCUT2D eigenvalue weighted by atomic mass is 9.61. The summed E-state index contributed by atoms with van der Waals surface area (Å²) in [5.74, 6) is -4.56. The fourth-order valence-electron chi connectivity index (χ4n) is 5.26. The molecule has 2 amide bonds. The van der Waals surface area contributed by atoms with E-state index < -0.39 is 41.0 Å². The Morgan fingerprint density at radius 3 is 2.00 bits per heavy atom. The van der Waals surface area contributed by atoms with Crippen LogP contribution in [0.2, 0.25) is 0 Å². The Morgan fingerprint density at radius 1 is 0.892 bits per heavy atom. The topological polar surface area (TPSA) is 108 Å². The summed E-state index contributed by atoms with van der Waals surface area (Å²) in [6.45, 7) is 9.19. The molecular formula is C30H33N3O4. The van der Waals surface area contributed by atoms with Gasteiger partial charge in [-0.2, -0.15) is 0 Å². The zero-order valence-electron chi connectivity index (χ0n) is 21.8. The first kappa shape index (κ1) is 26.2. The highest BCUT2D eigenvalue weighted by molar-refractivity contribution is 6.10. The Kier molecular flexibility index (Phi) is 7.28. The Balaban J connectivity index is 1.77. The largest absolute Gasteiger partial charge is 0.389 e. The van der Waals surface area contributed by atoms with Crippen molar-refractivity contribution in [3.8, 4) is 0 Å². The summed E-state index contributed by atoms with van der Waals surface area (Å²) in [5.41, 5.74) is 3.92. The highest BCUT2D eigenvalue weighted by atomic mass is 16.3. The van der Waals surface area contributed by atoms with E-state index in [9.17, 15) is 19.5 Å².